The molecule has 0 amide bonds. The Balaban J connectivity index is 3.67. The van der Waals surface area contributed by atoms with Crippen LogP contribution >= 0.6 is 0 Å². The van der Waals surface area contributed by atoms with Crippen molar-refractivity contribution in [1.82, 2.24) is 0 Å². The smallest absolute Gasteiger partial charge is 0.0389 e. The molecule has 0 aromatic carbocycles. The minimum atomic E-state index is 0.869. The first-order valence-corrected chi connectivity index (χ1v) is 6.07. The summed E-state index contributed by atoms with van der Waals surface area (Å²) < 4.78 is 0. The van der Waals surface area contributed by atoms with Gasteiger partial charge >= 0.3 is 0 Å². The molecule has 0 aliphatic heterocycles. The standard InChI is InChI=1S/C13H28/c1-6-7-8-9-13(12(4)5)10-11(2)3/h11-13H,6-10H2,1-5H3. The summed E-state index contributed by atoms with van der Waals surface area (Å²) in [6.45, 7) is 11.7. The highest BCUT2D eigenvalue weighted by molar-refractivity contribution is 4.65. The van der Waals surface area contributed by atoms with Gasteiger partial charge in [0.25, 0.3) is 0 Å². The highest BCUT2D eigenvalue weighted by Gasteiger charge is 2.13. The van der Waals surface area contributed by atoms with Gasteiger partial charge in [-0.25, -0.2) is 0 Å². The first kappa shape index (κ1) is 13.0. The molecule has 0 bridgehead atoms. The van der Waals surface area contributed by atoms with Crippen LogP contribution < -0.4 is 0 Å². The molecule has 0 heteroatoms. The minimum absolute atomic E-state index is 0.869. The van der Waals surface area contributed by atoms with E-state index in [1.165, 1.54) is 32.1 Å². The zero-order valence-electron chi connectivity index (χ0n) is 10.3. The van der Waals surface area contributed by atoms with E-state index in [9.17, 15) is 0 Å². The average Bonchev–Trinajstić information content (AvgIpc) is 2.02. The predicted molar refractivity (Wildman–Crippen MR) is 61.9 cm³/mol. The summed E-state index contributed by atoms with van der Waals surface area (Å²) >= 11 is 0. The van der Waals surface area contributed by atoms with Crippen LogP contribution in [0.5, 0.6) is 0 Å². The van der Waals surface area contributed by atoms with Gasteiger partial charge in [-0.05, 0) is 24.2 Å². The maximum absolute atomic E-state index is 2.37. The van der Waals surface area contributed by atoms with Crippen molar-refractivity contribution in [2.45, 2.75) is 66.7 Å². The van der Waals surface area contributed by atoms with Crippen molar-refractivity contribution < 1.29 is 0 Å². The molecule has 1 unspecified atom stereocenters. The fourth-order valence-corrected chi connectivity index (χ4v) is 1.99. The normalized spacial score (nSPS) is 14.1. The van der Waals surface area contributed by atoms with Gasteiger partial charge in [-0.15, -0.1) is 0 Å². The first-order valence-electron chi connectivity index (χ1n) is 6.07. The second-order valence-electron chi connectivity index (χ2n) is 5.13. The molecule has 0 saturated heterocycles. The fourth-order valence-electron chi connectivity index (χ4n) is 1.99. The van der Waals surface area contributed by atoms with E-state index in [0.29, 0.717) is 0 Å². The third-order valence-corrected chi connectivity index (χ3v) is 2.90. The van der Waals surface area contributed by atoms with Crippen molar-refractivity contribution in [3.05, 3.63) is 0 Å². The number of hydrogen-bond donors (Lipinski definition) is 0. The summed E-state index contributed by atoms with van der Waals surface area (Å²) in [4.78, 5) is 0. The van der Waals surface area contributed by atoms with Gasteiger partial charge in [0.15, 0.2) is 0 Å². The molecule has 0 spiro atoms. The highest BCUT2D eigenvalue weighted by Crippen LogP contribution is 2.25. The highest BCUT2D eigenvalue weighted by atomic mass is 14.2. The summed E-state index contributed by atoms with van der Waals surface area (Å²) in [6, 6.07) is 0. The van der Waals surface area contributed by atoms with Crippen LogP contribution in [0.25, 0.3) is 0 Å². The Hall–Kier alpha value is 0. The molecule has 0 aliphatic carbocycles. The Morgan fingerprint density at radius 1 is 0.923 bits per heavy atom. The zero-order valence-corrected chi connectivity index (χ0v) is 10.3. The van der Waals surface area contributed by atoms with Crippen LogP contribution in [0.3, 0.4) is 0 Å². The van der Waals surface area contributed by atoms with Gasteiger partial charge in [-0.1, -0.05) is 60.3 Å². The molecule has 1 atom stereocenters. The summed E-state index contributed by atoms with van der Waals surface area (Å²) in [5, 5.41) is 0. The molecule has 0 nitrogen and oxygen atoms in total. The molecule has 0 radical (unpaired) electrons. The molecular weight excluding hydrogens is 156 g/mol. The maximum atomic E-state index is 2.37. The summed E-state index contributed by atoms with van der Waals surface area (Å²) in [6.07, 6.45) is 7.07. The van der Waals surface area contributed by atoms with E-state index < -0.39 is 0 Å². The van der Waals surface area contributed by atoms with Gasteiger partial charge in [-0.2, -0.15) is 0 Å². The zero-order chi connectivity index (χ0) is 10.3. The largest absolute Gasteiger partial charge is 0.0654 e. The van der Waals surface area contributed by atoms with E-state index in [0.717, 1.165) is 17.8 Å². The second-order valence-corrected chi connectivity index (χ2v) is 5.13. The molecule has 0 rings (SSSR count). The summed E-state index contributed by atoms with van der Waals surface area (Å²) in [5.74, 6) is 2.71. The lowest BCUT2D eigenvalue weighted by Crippen LogP contribution is -2.11. The van der Waals surface area contributed by atoms with Gasteiger partial charge in [-0.3, -0.25) is 0 Å². The molecule has 0 saturated carbocycles. The van der Waals surface area contributed by atoms with Gasteiger partial charge in [0.05, 0.1) is 0 Å². The van der Waals surface area contributed by atoms with Crippen molar-refractivity contribution >= 4 is 0 Å². The molecule has 0 aromatic rings. The summed E-state index contributed by atoms with van der Waals surface area (Å²) in [5.41, 5.74) is 0. The number of rotatable bonds is 7. The van der Waals surface area contributed by atoms with E-state index in [1.54, 1.807) is 0 Å². The van der Waals surface area contributed by atoms with E-state index in [-0.39, 0.29) is 0 Å². The van der Waals surface area contributed by atoms with Crippen LogP contribution in [0.15, 0.2) is 0 Å². The minimum Gasteiger partial charge on any atom is -0.0654 e. The van der Waals surface area contributed by atoms with Gasteiger partial charge in [0.2, 0.25) is 0 Å². The van der Waals surface area contributed by atoms with Crippen LogP contribution in [0.1, 0.15) is 66.7 Å². The van der Waals surface area contributed by atoms with Gasteiger partial charge < -0.3 is 0 Å². The van der Waals surface area contributed by atoms with Crippen LogP contribution in [-0.2, 0) is 0 Å². The Kier molecular flexibility index (Phi) is 7.41. The topological polar surface area (TPSA) is 0 Å². The van der Waals surface area contributed by atoms with E-state index in [2.05, 4.69) is 34.6 Å². The van der Waals surface area contributed by atoms with E-state index >= 15 is 0 Å². The third kappa shape index (κ3) is 7.10. The van der Waals surface area contributed by atoms with Crippen molar-refractivity contribution in [1.29, 1.82) is 0 Å². The molecule has 0 aliphatic rings. The van der Waals surface area contributed by atoms with Crippen molar-refractivity contribution in [3.8, 4) is 0 Å². The lowest BCUT2D eigenvalue weighted by Gasteiger charge is -2.22. The lowest BCUT2D eigenvalue weighted by molar-refractivity contribution is 0.290. The first-order chi connectivity index (χ1) is 6.07. The Morgan fingerprint density at radius 2 is 1.54 bits per heavy atom. The van der Waals surface area contributed by atoms with Crippen molar-refractivity contribution in [3.63, 3.8) is 0 Å². The van der Waals surface area contributed by atoms with Crippen molar-refractivity contribution in [2.75, 3.05) is 0 Å². The molecule has 0 heterocycles. The van der Waals surface area contributed by atoms with Crippen molar-refractivity contribution in [2.24, 2.45) is 17.8 Å². The number of unbranched alkanes of at least 4 members (excludes halogenated alkanes) is 2. The molecular formula is C13H28. The molecule has 0 fully saturated rings. The molecule has 0 aromatic heterocycles. The summed E-state index contributed by atoms with van der Waals surface area (Å²) in [7, 11) is 0. The van der Waals surface area contributed by atoms with Crippen LogP contribution in [0.4, 0.5) is 0 Å². The van der Waals surface area contributed by atoms with Crippen LogP contribution in [-0.4, -0.2) is 0 Å². The van der Waals surface area contributed by atoms with Gasteiger partial charge in [0, 0.05) is 0 Å². The monoisotopic (exact) mass is 184 g/mol. The third-order valence-electron chi connectivity index (χ3n) is 2.90. The average molecular weight is 184 g/mol. The quantitative estimate of drug-likeness (QED) is 0.494. The predicted octanol–water partition coefficient (Wildman–Crippen LogP) is 4.89. The SMILES string of the molecule is CCCCCC(CC(C)C)C(C)C. The Labute approximate surface area is 85.1 Å². The Bertz CT molecular complexity index is 103. The van der Waals surface area contributed by atoms with Crippen LogP contribution in [0.2, 0.25) is 0 Å². The number of hydrogen-bond acceptors (Lipinski definition) is 0. The van der Waals surface area contributed by atoms with E-state index in [1.807, 2.05) is 0 Å². The molecule has 0 N–H and O–H groups in total. The molecule has 80 valence electrons. The van der Waals surface area contributed by atoms with E-state index in [4.69, 9.17) is 0 Å². The Morgan fingerprint density at radius 3 is 1.92 bits per heavy atom. The lowest BCUT2D eigenvalue weighted by atomic mass is 9.84. The van der Waals surface area contributed by atoms with Crippen LogP contribution in [0, 0.1) is 17.8 Å². The molecule has 13 heavy (non-hydrogen) atoms. The van der Waals surface area contributed by atoms with Gasteiger partial charge in [0.1, 0.15) is 0 Å². The fraction of sp³-hybridized carbons (Fsp3) is 1.00. The maximum Gasteiger partial charge on any atom is -0.0389 e. The second kappa shape index (κ2) is 7.41.